The molecule has 0 aliphatic carbocycles. The Morgan fingerprint density at radius 3 is 2.54 bits per heavy atom. The van der Waals surface area contributed by atoms with Gasteiger partial charge in [-0.1, -0.05) is 6.42 Å². The fourth-order valence-electron chi connectivity index (χ4n) is 2.40. The van der Waals surface area contributed by atoms with Crippen LogP contribution in [-0.2, 0) is 14.8 Å². The highest BCUT2D eigenvalue weighted by atomic mass is 32.2. The highest BCUT2D eigenvalue weighted by molar-refractivity contribution is 7.89. The molecular formula is C14H20N4O5S. The van der Waals surface area contributed by atoms with Crippen molar-refractivity contribution in [1.82, 2.24) is 15.4 Å². The summed E-state index contributed by atoms with van der Waals surface area (Å²) in [5.74, 6) is -0.135. The molecule has 1 fully saturated rings. The topological polar surface area (TPSA) is 130 Å². The van der Waals surface area contributed by atoms with Crippen LogP contribution in [0.3, 0.4) is 0 Å². The first kappa shape index (κ1) is 18.3. The van der Waals surface area contributed by atoms with Crippen LogP contribution in [-0.4, -0.2) is 44.9 Å². The first-order valence-corrected chi connectivity index (χ1v) is 9.14. The molecule has 2 rings (SSSR count). The third-order valence-electron chi connectivity index (χ3n) is 3.70. The summed E-state index contributed by atoms with van der Waals surface area (Å²) in [4.78, 5) is 21.8. The molecule has 1 aliphatic heterocycles. The van der Waals surface area contributed by atoms with Crippen LogP contribution in [0.1, 0.15) is 19.3 Å². The number of rotatable bonds is 7. The third kappa shape index (κ3) is 4.98. The number of non-ortho nitro benzene ring substituents is 1. The highest BCUT2D eigenvalue weighted by Gasteiger charge is 2.20. The first-order chi connectivity index (χ1) is 11.4. The lowest BCUT2D eigenvalue weighted by Gasteiger charge is -2.22. The van der Waals surface area contributed by atoms with Gasteiger partial charge in [0.05, 0.1) is 15.9 Å². The standard InChI is InChI=1S/C14H20N4O5S/c19-14(13-3-1-2-8-15-13)16-9-10-17-24(22,23)12-6-4-11(5-7-12)18(20)21/h4-7,13,15,17H,1-3,8-10H2,(H,16,19). The van der Waals surface area contributed by atoms with E-state index in [0.717, 1.165) is 37.9 Å². The normalized spacial score (nSPS) is 18.1. The number of carbonyl (C=O) groups excluding carboxylic acids is 1. The van der Waals surface area contributed by atoms with E-state index >= 15 is 0 Å². The van der Waals surface area contributed by atoms with Crippen LogP contribution in [0.4, 0.5) is 5.69 Å². The van der Waals surface area contributed by atoms with E-state index in [1.807, 2.05) is 0 Å². The lowest BCUT2D eigenvalue weighted by molar-refractivity contribution is -0.384. The molecule has 132 valence electrons. The molecule has 0 spiro atoms. The van der Waals surface area contributed by atoms with Gasteiger partial charge in [-0.05, 0) is 31.5 Å². The number of nitrogens with one attached hydrogen (secondary N) is 3. The van der Waals surface area contributed by atoms with Crippen molar-refractivity contribution in [1.29, 1.82) is 0 Å². The van der Waals surface area contributed by atoms with Crippen molar-refractivity contribution in [2.75, 3.05) is 19.6 Å². The van der Waals surface area contributed by atoms with E-state index in [9.17, 15) is 23.3 Å². The maximum Gasteiger partial charge on any atom is 0.269 e. The SMILES string of the molecule is O=C(NCCNS(=O)(=O)c1ccc([N+](=O)[O-])cc1)C1CCCCN1. The summed E-state index contributed by atoms with van der Waals surface area (Å²) in [7, 11) is -3.77. The molecule has 0 radical (unpaired) electrons. The molecule has 1 heterocycles. The van der Waals surface area contributed by atoms with Gasteiger partial charge >= 0.3 is 0 Å². The summed E-state index contributed by atoms with van der Waals surface area (Å²) in [6.45, 7) is 1.02. The van der Waals surface area contributed by atoms with Crippen LogP contribution in [0, 0.1) is 10.1 Å². The van der Waals surface area contributed by atoms with Gasteiger partial charge in [0.25, 0.3) is 5.69 Å². The largest absolute Gasteiger partial charge is 0.353 e. The van der Waals surface area contributed by atoms with E-state index < -0.39 is 14.9 Å². The summed E-state index contributed by atoms with van der Waals surface area (Å²) in [5, 5.41) is 16.4. The molecule has 1 aliphatic rings. The van der Waals surface area contributed by atoms with Crippen molar-refractivity contribution in [3.63, 3.8) is 0 Å². The molecule has 3 N–H and O–H groups in total. The minimum Gasteiger partial charge on any atom is -0.353 e. The Bertz CT molecular complexity index is 684. The number of amides is 1. The average molecular weight is 356 g/mol. The van der Waals surface area contributed by atoms with Crippen molar-refractivity contribution >= 4 is 21.6 Å². The van der Waals surface area contributed by atoms with Gasteiger partial charge in [0.2, 0.25) is 15.9 Å². The predicted molar refractivity (Wildman–Crippen MR) is 86.9 cm³/mol. The van der Waals surface area contributed by atoms with Crippen molar-refractivity contribution < 1.29 is 18.1 Å². The number of nitrogens with zero attached hydrogens (tertiary/aromatic N) is 1. The molecular weight excluding hydrogens is 336 g/mol. The molecule has 0 aromatic heterocycles. The monoisotopic (exact) mass is 356 g/mol. The predicted octanol–water partition coefficient (Wildman–Crippen LogP) is 0.131. The zero-order chi connectivity index (χ0) is 17.6. The zero-order valence-corrected chi connectivity index (χ0v) is 13.8. The van der Waals surface area contributed by atoms with Crippen molar-refractivity contribution in [3.05, 3.63) is 34.4 Å². The number of hydrogen-bond acceptors (Lipinski definition) is 6. The highest BCUT2D eigenvalue weighted by Crippen LogP contribution is 2.15. The van der Waals surface area contributed by atoms with E-state index in [-0.39, 0.29) is 35.6 Å². The maximum absolute atomic E-state index is 12.1. The molecule has 1 aromatic carbocycles. The second kappa shape index (κ2) is 8.18. The van der Waals surface area contributed by atoms with Crippen LogP contribution >= 0.6 is 0 Å². The second-order valence-corrected chi connectivity index (χ2v) is 7.21. The summed E-state index contributed by atoms with van der Waals surface area (Å²) < 4.78 is 26.5. The van der Waals surface area contributed by atoms with Gasteiger partial charge in [-0.15, -0.1) is 0 Å². The molecule has 1 saturated heterocycles. The van der Waals surface area contributed by atoms with E-state index in [4.69, 9.17) is 0 Å². The first-order valence-electron chi connectivity index (χ1n) is 7.65. The molecule has 24 heavy (non-hydrogen) atoms. The zero-order valence-electron chi connectivity index (χ0n) is 13.0. The Labute approximate surface area is 140 Å². The Hall–Kier alpha value is -2.04. The summed E-state index contributed by atoms with van der Waals surface area (Å²) in [6.07, 6.45) is 2.83. The van der Waals surface area contributed by atoms with Crippen molar-refractivity contribution in [2.24, 2.45) is 0 Å². The smallest absolute Gasteiger partial charge is 0.269 e. The number of nitro benzene ring substituents is 1. The number of benzene rings is 1. The van der Waals surface area contributed by atoms with Gasteiger partial charge in [-0.2, -0.15) is 0 Å². The quantitative estimate of drug-likeness (QED) is 0.362. The molecule has 1 aromatic rings. The van der Waals surface area contributed by atoms with Crippen LogP contribution in [0.2, 0.25) is 0 Å². The van der Waals surface area contributed by atoms with Crippen LogP contribution in [0.15, 0.2) is 29.2 Å². The Morgan fingerprint density at radius 2 is 1.96 bits per heavy atom. The molecule has 0 saturated carbocycles. The Kier molecular flexibility index (Phi) is 6.23. The molecule has 1 unspecified atom stereocenters. The Balaban J connectivity index is 1.80. The minimum absolute atomic E-state index is 0.0395. The average Bonchev–Trinajstić information content (AvgIpc) is 2.59. The molecule has 1 atom stereocenters. The van der Waals surface area contributed by atoms with Crippen LogP contribution in [0.5, 0.6) is 0 Å². The Morgan fingerprint density at radius 1 is 1.25 bits per heavy atom. The van der Waals surface area contributed by atoms with Crippen LogP contribution < -0.4 is 15.4 Å². The number of piperidine rings is 1. The van der Waals surface area contributed by atoms with Gasteiger partial charge in [0.15, 0.2) is 0 Å². The van der Waals surface area contributed by atoms with Crippen molar-refractivity contribution in [3.8, 4) is 0 Å². The fourth-order valence-corrected chi connectivity index (χ4v) is 3.43. The second-order valence-electron chi connectivity index (χ2n) is 5.44. The van der Waals surface area contributed by atoms with Crippen molar-refractivity contribution in [2.45, 2.75) is 30.2 Å². The maximum atomic E-state index is 12.1. The van der Waals surface area contributed by atoms with Gasteiger partial charge in [0.1, 0.15) is 0 Å². The number of nitro groups is 1. The minimum atomic E-state index is -3.77. The number of carbonyl (C=O) groups is 1. The van der Waals surface area contributed by atoms with E-state index in [2.05, 4.69) is 15.4 Å². The third-order valence-corrected chi connectivity index (χ3v) is 5.18. The number of sulfonamides is 1. The fraction of sp³-hybridized carbons (Fsp3) is 0.500. The lowest BCUT2D eigenvalue weighted by atomic mass is 10.0. The molecule has 9 nitrogen and oxygen atoms in total. The van der Waals surface area contributed by atoms with Crippen LogP contribution in [0.25, 0.3) is 0 Å². The summed E-state index contributed by atoms with van der Waals surface area (Å²) in [6, 6.07) is 4.39. The van der Waals surface area contributed by atoms with Gasteiger partial charge in [0, 0.05) is 25.2 Å². The van der Waals surface area contributed by atoms with Gasteiger partial charge in [-0.3, -0.25) is 14.9 Å². The summed E-state index contributed by atoms with van der Waals surface area (Å²) in [5.41, 5.74) is -0.179. The lowest BCUT2D eigenvalue weighted by Crippen LogP contribution is -2.48. The van der Waals surface area contributed by atoms with E-state index in [1.165, 1.54) is 12.1 Å². The number of hydrogen-bond donors (Lipinski definition) is 3. The van der Waals surface area contributed by atoms with Gasteiger partial charge in [-0.25, -0.2) is 13.1 Å². The van der Waals surface area contributed by atoms with E-state index in [0.29, 0.717) is 0 Å². The summed E-state index contributed by atoms with van der Waals surface area (Å²) >= 11 is 0. The molecule has 10 heteroatoms. The van der Waals surface area contributed by atoms with Gasteiger partial charge < -0.3 is 10.6 Å². The molecule has 1 amide bonds. The molecule has 0 bridgehead atoms. The van der Waals surface area contributed by atoms with E-state index in [1.54, 1.807) is 0 Å².